The van der Waals surface area contributed by atoms with Gasteiger partial charge in [-0.3, -0.25) is 14.7 Å². The largest absolute Gasteiger partial charge is 0.351 e. The second-order valence-electron chi connectivity index (χ2n) is 7.93. The first-order chi connectivity index (χ1) is 14.2. The van der Waals surface area contributed by atoms with Crippen LogP contribution in [0.5, 0.6) is 0 Å². The van der Waals surface area contributed by atoms with Crippen molar-refractivity contribution in [1.82, 2.24) is 24.4 Å². The number of carbonyl (C=O) groups excluding carboxylic acids is 1. The zero-order chi connectivity index (χ0) is 21.9. The highest BCUT2D eigenvalue weighted by Gasteiger charge is 2.34. The van der Waals surface area contributed by atoms with Crippen molar-refractivity contribution in [2.45, 2.75) is 17.4 Å². The van der Waals surface area contributed by atoms with Crippen LogP contribution in [0, 0.1) is 0 Å². The standard InChI is InChI=1S/C20H28ClN5O3S/c1-24(2)9-10-25(3)14-19(27)23-16-7-8-26(13-16)30(28,29)18-6-4-5-15-11-22-12-17(21)20(15)18/h4-6,11-12,16H,7-10,13-14H2,1-3H3,(H,23,27)/t16-/m1/s1. The van der Waals surface area contributed by atoms with Crippen LogP contribution in [0.4, 0.5) is 0 Å². The van der Waals surface area contributed by atoms with Gasteiger partial charge in [-0.1, -0.05) is 23.7 Å². The number of carbonyl (C=O) groups is 1. The molecule has 1 N–H and O–H groups in total. The van der Waals surface area contributed by atoms with E-state index in [-0.39, 0.29) is 29.9 Å². The SMILES string of the molecule is CN(C)CCN(C)CC(=O)N[C@@H]1CCN(S(=O)(=O)c2cccc3cncc(Cl)c23)C1. The van der Waals surface area contributed by atoms with Gasteiger partial charge < -0.3 is 10.2 Å². The summed E-state index contributed by atoms with van der Waals surface area (Å²) < 4.78 is 28.0. The third-order valence-electron chi connectivity index (χ3n) is 5.18. The quantitative estimate of drug-likeness (QED) is 0.647. The Bertz CT molecular complexity index is 1010. The average Bonchev–Trinajstić information content (AvgIpc) is 3.15. The molecule has 0 saturated carbocycles. The molecule has 8 nitrogen and oxygen atoms in total. The highest BCUT2D eigenvalue weighted by molar-refractivity contribution is 7.89. The Morgan fingerprint density at radius 3 is 2.77 bits per heavy atom. The Kier molecular flexibility index (Phi) is 7.30. The number of likely N-dealkylation sites (N-methyl/N-ethyl adjacent to an activating group) is 2. The van der Waals surface area contributed by atoms with E-state index in [0.29, 0.717) is 28.8 Å². The molecule has 0 spiro atoms. The van der Waals surface area contributed by atoms with E-state index in [2.05, 4.69) is 15.2 Å². The molecule has 0 unspecified atom stereocenters. The van der Waals surface area contributed by atoms with E-state index in [1.807, 2.05) is 26.0 Å². The molecular weight excluding hydrogens is 426 g/mol. The maximum atomic E-state index is 13.3. The number of amides is 1. The van der Waals surface area contributed by atoms with Crippen molar-refractivity contribution in [1.29, 1.82) is 0 Å². The predicted molar refractivity (Wildman–Crippen MR) is 118 cm³/mol. The van der Waals surface area contributed by atoms with Crippen LogP contribution in [0.2, 0.25) is 5.02 Å². The van der Waals surface area contributed by atoms with Gasteiger partial charge in [0, 0.05) is 55.4 Å². The van der Waals surface area contributed by atoms with Crippen LogP contribution in [0.1, 0.15) is 6.42 Å². The predicted octanol–water partition coefficient (Wildman–Crippen LogP) is 1.26. The van der Waals surface area contributed by atoms with Gasteiger partial charge in [0.2, 0.25) is 15.9 Å². The minimum Gasteiger partial charge on any atom is -0.351 e. The molecular formula is C20H28ClN5O3S. The lowest BCUT2D eigenvalue weighted by atomic mass is 10.2. The molecule has 10 heteroatoms. The summed E-state index contributed by atoms with van der Waals surface area (Å²) in [5, 5.41) is 4.42. The fraction of sp³-hybridized carbons (Fsp3) is 0.500. The van der Waals surface area contributed by atoms with Gasteiger partial charge in [-0.25, -0.2) is 8.42 Å². The molecule has 0 aliphatic carbocycles. The third kappa shape index (κ3) is 5.28. The van der Waals surface area contributed by atoms with Crippen LogP contribution in [0.25, 0.3) is 10.8 Å². The third-order valence-corrected chi connectivity index (χ3v) is 7.37. The van der Waals surface area contributed by atoms with E-state index in [1.54, 1.807) is 24.4 Å². The fourth-order valence-electron chi connectivity index (χ4n) is 3.55. The Labute approximate surface area is 182 Å². The van der Waals surface area contributed by atoms with Gasteiger partial charge in [0.05, 0.1) is 16.5 Å². The molecule has 3 rings (SSSR count). The molecule has 0 bridgehead atoms. The number of nitrogens with one attached hydrogen (secondary N) is 1. The van der Waals surface area contributed by atoms with Crippen LogP contribution in [0.15, 0.2) is 35.5 Å². The van der Waals surface area contributed by atoms with Gasteiger partial charge in [0.15, 0.2) is 0 Å². The van der Waals surface area contributed by atoms with Crippen LogP contribution >= 0.6 is 11.6 Å². The number of hydrogen-bond acceptors (Lipinski definition) is 6. The lowest BCUT2D eigenvalue weighted by molar-refractivity contribution is -0.122. The number of pyridine rings is 1. The van der Waals surface area contributed by atoms with Gasteiger partial charge in [-0.05, 0) is 33.6 Å². The number of fused-ring (bicyclic) bond motifs is 1. The molecule has 1 atom stereocenters. The second-order valence-corrected chi connectivity index (χ2v) is 10.2. The molecule has 1 aliphatic heterocycles. The minimum absolute atomic E-state index is 0.0974. The highest BCUT2D eigenvalue weighted by atomic mass is 35.5. The number of rotatable bonds is 8. The first kappa shape index (κ1) is 22.9. The van der Waals surface area contributed by atoms with E-state index in [4.69, 9.17) is 11.6 Å². The molecule has 0 radical (unpaired) electrons. The lowest BCUT2D eigenvalue weighted by Crippen LogP contribution is -2.43. The number of nitrogens with zero attached hydrogens (tertiary/aromatic N) is 4. The summed E-state index contributed by atoms with van der Waals surface area (Å²) in [6.45, 7) is 2.52. The Morgan fingerprint density at radius 1 is 1.27 bits per heavy atom. The summed E-state index contributed by atoms with van der Waals surface area (Å²) in [6.07, 6.45) is 3.62. The van der Waals surface area contributed by atoms with Crippen molar-refractivity contribution in [3.05, 3.63) is 35.6 Å². The van der Waals surface area contributed by atoms with Crippen molar-refractivity contribution < 1.29 is 13.2 Å². The van der Waals surface area contributed by atoms with E-state index in [9.17, 15) is 13.2 Å². The van der Waals surface area contributed by atoms with Gasteiger partial charge in [-0.15, -0.1) is 0 Å². The summed E-state index contributed by atoms with van der Waals surface area (Å²) >= 11 is 6.26. The first-order valence-electron chi connectivity index (χ1n) is 9.83. The molecule has 1 aromatic carbocycles. The van der Waals surface area contributed by atoms with E-state index >= 15 is 0 Å². The molecule has 1 saturated heterocycles. The van der Waals surface area contributed by atoms with Gasteiger partial charge in [0.1, 0.15) is 0 Å². The number of benzene rings is 1. The summed E-state index contributed by atoms with van der Waals surface area (Å²) in [5.74, 6) is -0.0974. The molecule has 164 valence electrons. The fourth-order valence-corrected chi connectivity index (χ4v) is 5.61. The Balaban J connectivity index is 1.66. The second kappa shape index (κ2) is 9.57. The molecule has 1 amide bonds. The average molecular weight is 454 g/mol. The smallest absolute Gasteiger partial charge is 0.243 e. The number of hydrogen-bond donors (Lipinski definition) is 1. The van der Waals surface area contributed by atoms with Gasteiger partial charge in [-0.2, -0.15) is 4.31 Å². The molecule has 2 heterocycles. The normalized spacial score (nSPS) is 17.9. The summed E-state index contributed by atoms with van der Waals surface area (Å²) in [4.78, 5) is 20.5. The highest BCUT2D eigenvalue weighted by Crippen LogP contribution is 2.32. The molecule has 1 fully saturated rings. The lowest BCUT2D eigenvalue weighted by Gasteiger charge is -2.21. The van der Waals surface area contributed by atoms with Gasteiger partial charge in [0.25, 0.3) is 0 Å². The van der Waals surface area contributed by atoms with E-state index < -0.39 is 10.0 Å². The molecule has 1 aromatic heterocycles. The van der Waals surface area contributed by atoms with Crippen molar-refractivity contribution in [3.8, 4) is 0 Å². The van der Waals surface area contributed by atoms with E-state index in [1.165, 1.54) is 10.5 Å². The van der Waals surface area contributed by atoms with Crippen molar-refractivity contribution in [2.75, 3.05) is 53.9 Å². The van der Waals surface area contributed by atoms with E-state index in [0.717, 1.165) is 13.1 Å². The number of sulfonamides is 1. The molecule has 1 aliphatic rings. The summed E-state index contributed by atoms with van der Waals surface area (Å²) in [6, 6.07) is 4.83. The Hall–Kier alpha value is -1.78. The number of halogens is 1. The van der Waals surface area contributed by atoms with Crippen LogP contribution in [-0.2, 0) is 14.8 Å². The van der Waals surface area contributed by atoms with Crippen LogP contribution in [0.3, 0.4) is 0 Å². The van der Waals surface area contributed by atoms with Gasteiger partial charge >= 0.3 is 0 Å². The molecule has 2 aromatic rings. The summed E-state index contributed by atoms with van der Waals surface area (Å²) in [7, 11) is 2.13. The van der Waals surface area contributed by atoms with Crippen molar-refractivity contribution >= 4 is 38.3 Å². The topological polar surface area (TPSA) is 85.9 Å². The molecule has 30 heavy (non-hydrogen) atoms. The monoisotopic (exact) mass is 453 g/mol. The Morgan fingerprint density at radius 2 is 2.03 bits per heavy atom. The zero-order valence-corrected chi connectivity index (χ0v) is 19.1. The van der Waals surface area contributed by atoms with Crippen molar-refractivity contribution in [2.24, 2.45) is 0 Å². The van der Waals surface area contributed by atoms with Crippen molar-refractivity contribution in [3.63, 3.8) is 0 Å². The maximum absolute atomic E-state index is 13.3. The minimum atomic E-state index is -3.74. The maximum Gasteiger partial charge on any atom is 0.243 e. The zero-order valence-electron chi connectivity index (χ0n) is 17.5. The first-order valence-corrected chi connectivity index (χ1v) is 11.7. The van der Waals surface area contributed by atoms with Crippen LogP contribution < -0.4 is 5.32 Å². The summed E-state index contributed by atoms with van der Waals surface area (Å²) in [5.41, 5.74) is 0. The van der Waals surface area contributed by atoms with Crippen LogP contribution in [-0.4, -0.2) is 93.3 Å². The number of aromatic nitrogens is 1.